The second-order valence-corrected chi connectivity index (χ2v) is 5.95. The van der Waals surface area contributed by atoms with Crippen molar-refractivity contribution in [1.29, 1.82) is 0 Å². The molecule has 0 saturated heterocycles. The summed E-state index contributed by atoms with van der Waals surface area (Å²) in [6.07, 6.45) is 2.39. The van der Waals surface area contributed by atoms with Gasteiger partial charge in [0.1, 0.15) is 12.3 Å². The highest BCUT2D eigenvalue weighted by Gasteiger charge is 2.28. The van der Waals surface area contributed by atoms with Crippen LogP contribution in [0.5, 0.6) is 0 Å². The Kier molecular flexibility index (Phi) is 5.91. The van der Waals surface area contributed by atoms with Crippen LogP contribution < -0.4 is 4.72 Å². The summed E-state index contributed by atoms with van der Waals surface area (Å²) in [7, 11) is -3.02. The zero-order valence-corrected chi connectivity index (χ0v) is 12.5. The van der Waals surface area contributed by atoms with E-state index in [0.717, 1.165) is 25.9 Å². The number of furan rings is 1. The van der Waals surface area contributed by atoms with E-state index >= 15 is 0 Å². The Bertz CT molecular complexity index is 605. The van der Waals surface area contributed by atoms with Crippen LogP contribution in [0.3, 0.4) is 0 Å². The van der Waals surface area contributed by atoms with Gasteiger partial charge in [-0.05, 0) is 6.42 Å². The van der Waals surface area contributed by atoms with E-state index in [2.05, 4.69) is 4.74 Å². The smallest absolute Gasteiger partial charge is 0.341 e. The SMILES string of the molecule is CCCC[C@H](NS(=O)(=O)c1cc(C(=O)OC)co1)C(=O)O. The molecule has 1 atom stereocenters. The number of ether oxygens (including phenoxy) is 1. The first-order chi connectivity index (χ1) is 9.81. The predicted octanol–water partition coefficient (Wildman–Crippen LogP) is 0.988. The van der Waals surface area contributed by atoms with Gasteiger partial charge in [-0.15, -0.1) is 0 Å². The van der Waals surface area contributed by atoms with Crippen molar-refractivity contribution in [2.45, 2.75) is 37.3 Å². The minimum absolute atomic E-state index is 0.0710. The van der Waals surface area contributed by atoms with Crippen molar-refractivity contribution < 1.29 is 32.3 Å². The molecular formula is C12H17NO7S. The number of aliphatic carboxylic acids is 1. The molecule has 21 heavy (non-hydrogen) atoms. The van der Waals surface area contributed by atoms with Gasteiger partial charge in [0, 0.05) is 6.07 Å². The summed E-state index contributed by atoms with van der Waals surface area (Å²) >= 11 is 0. The normalized spacial score (nSPS) is 12.9. The molecule has 0 aliphatic rings. The first-order valence-corrected chi connectivity index (χ1v) is 7.72. The van der Waals surface area contributed by atoms with E-state index in [1.165, 1.54) is 0 Å². The Morgan fingerprint density at radius 1 is 1.48 bits per heavy atom. The average molecular weight is 319 g/mol. The topological polar surface area (TPSA) is 123 Å². The molecular weight excluding hydrogens is 302 g/mol. The van der Waals surface area contributed by atoms with E-state index in [9.17, 15) is 18.0 Å². The number of esters is 1. The maximum Gasteiger partial charge on any atom is 0.341 e. The lowest BCUT2D eigenvalue weighted by Gasteiger charge is -2.12. The molecule has 1 rings (SSSR count). The second kappa shape index (κ2) is 7.23. The van der Waals surface area contributed by atoms with Gasteiger partial charge in [0.15, 0.2) is 0 Å². The van der Waals surface area contributed by atoms with Crippen molar-refractivity contribution >= 4 is 22.0 Å². The van der Waals surface area contributed by atoms with Crippen LogP contribution in [0.1, 0.15) is 36.5 Å². The Balaban J connectivity index is 2.91. The Labute approximate surface area is 122 Å². The molecule has 118 valence electrons. The van der Waals surface area contributed by atoms with Crippen LogP contribution in [0, 0.1) is 0 Å². The molecule has 0 amide bonds. The van der Waals surface area contributed by atoms with E-state index in [1.807, 2.05) is 11.6 Å². The molecule has 1 aromatic heterocycles. The van der Waals surface area contributed by atoms with Crippen LogP contribution in [-0.2, 0) is 19.6 Å². The Hall–Kier alpha value is -1.87. The molecule has 0 bridgehead atoms. The predicted molar refractivity (Wildman–Crippen MR) is 71.3 cm³/mol. The third-order valence-electron chi connectivity index (χ3n) is 2.70. The molecule has 0 radical (unpaired) electrons. The van der Waals surface area contributed by atoms with Gasteiger partial charge in [0.05, 0.1) is 12.7 Å². The summed E-state index contributed by atoms with van der Waals surface area (Å²) in [6, 6.07) is -0.269. The van der Waals surface area contributed by atoms with Crippen molar-refractivity contribution in [3.63, 3.8) is 0 Å². The Morgan fingerprint density at radius 2 is 2.14 bits per heavy atom. The summed E-state index contributed by atoms with van der Waals surface area (Å²) in [5, 5.41) is 8.47. The summed E-state index contributed by atoms with van der Waals surface area (Å²) in [5.41, 5.74) is -0.0710. The second-order valence-electron chi connectivity index (χ2n) is 4.30. The van der Waals surface area contributed by atoms with E-state index in [1.54, 1.807) is 0 Å². The Morgan fingerprint density at radius 3 is 2.67 bits per heavy atom. The molecule has 0 aromatic carbocycles. The lowest BCUT2D eigenvalue weighted by Crippen LogP contribution is -2.40. The fraction of sp³-hybridized carbons (Fsp3) is 0.500. The lowest BCUT2D eigenvalue weighted by atomic mass is 10.1. The van der Waals surface area contributed by atoms with Gasteiger partial charge in [0.2, 0.25) is 5.09 Å². The average Bonchev–Trinajstić information content (AvgIpc) is 2.92. The number of methoxy groups -OCH3 is 1. The van der Waals surface area contributed by atoms with Crippen LogP contribution in [-0.4, -0.2) is 38.6 Å². The fourth-order valence-electron chi connectivity index (χ4n) is 1.57. The van der Waals surface area contributed by atoms with Crippen molar-refractivity contribution in [1.82, 2.24) is 4.72 Å². The molecule has 0 fully saturated rings. The number of nitrogens with one attached hydrogen (secondary N) is 1. The van der Waals surface area contributed by atoms with Gasteiger partial charge in [0.25, 0.3) is 10.0 Å². The molecule has 0 aliphatic carbocycles. The van der Waals surface area contributed by atoms with Gasteiger partial charge in [-0.3, -0.25) is 4.79 Å². The summed E-state index contributed by atoms with van der Waals surface area (Å²) in [4.78, 5) is 22.3. The van der Waals surface area contributed by atoms with Crippen LogP contribution >= 0.6 is 0 Å². The fourth-order valence-corrected chi connectivity index (χ4v) is 2.74. The molecule has 9 heteroatoms. The molecule has 0 unspecified atom stereocenters. The lowest BCUT2D eigenvalue weighted by molar-refractivity contribution is -0.139. The number of hydrogen-bond acceptors (Lipinski definition) is 6. The van der Waals surface area contributed by atoms with E-state index in [0.29, 0.717) is 6.42 Å². The maximum absolute atomic E-state index is 12.0. The summed E-state index contributed by atoms with van der Waals surface area (Å²) < 4.78 is 35.3. The highest BCUT2D eigenvalue weighted by Crippen LogP contribution is 2.16. The van der Waals surface area contributed by atoms with Crippen molar-refractivity contribution in [2.75, 3.05) is 7.11 Å². The molecule has 1 heterocycles. The maximum atomic E-state index is 12.0. The number of carboxylic acid groups (broad SMARTS) is 1. The van der Waals surface area contributed by atoms with E-state index in [-0.39, 0.29) is 12.0 Å². The van der Waals surface area contributed by atoms with Crippen LogP contribution in [0.2, 0.25) is 0 Å². The number of carbonyl (C=O) groups is 2. The number of hydrogen-bond donors (Lipinski definition) is 2. The van der Waals surface area contributed by atoms with Gasteiger partial charge >= 0.3 is 11.9 Å². The quantitative estimate of drug-likeness (QED) is 0.685. The number of carboxylic acids is 1. The molecule has 0 spiro atoms. The number of carbonyl (C=O) groups excluding carboxylic acids is 1. The highest BCUT2D eigenvalue weighted by atomic mass is 32.2. The molecule has 8 nitrogen and oxygen atoms in total. The highest BCUT2D eigenvalue weighted by molar-refractivity contribution is 7.89. The van der Waals surface area contributed by atoms with Crippen LogP contribution in [0.25, 0.3) is 0 Å². The third kappa shape index (κ3) is 4.57. The van der Waals surface area contributed by atoms with Crippen LogP contribution in [0.15, 0.2) is 21.8 Å². The summed E-state index contributed by atoms with van der Waals surface area (Å²) in [5.74, 6) is -2.02. The number of sulfonamides is 1. The van der Waals surface area contributed by atoms with Gasteiger partial charge in [-0.25, -0.2) is 13.2 Å². The van der Waals surface area contributed by atoms with Crippen LogP contribution in [0.4, 0.5) is 0 Å². The standard InChI is InChI=1S/C12H17NO7S/c1-3-4-5-9(11(14)15)13-21(17,18)10-6-8(7-20-10)12(16)19-2/h6-7,9,13H,3-5H2,1-2H3,(H,14,15)/t9-/m0/s1. The van der Waals surface area contributed by atoms with Crippen molar-refractivity contribution in [3.8, 4) is 0 Å². The first kappa shape index (κ1) is 17.2. The summed E-state index contributed by atoms with van der Waals surface area (Å²) in [6.45, 7) is 1.86. The van der Waals surface area contributed by atoms with Crippen molar-refractivity contribution in [3.05, 3.63) is 17.9 Å². The zero-order valence-electron chi connectivity index (χ0n) is 11.7. The van der Waals surface area contributed by atoms with E-state index < -0.39 is 33.1 Å². The minimum Gasteiger partial charge on any atom is -0.480 e. The van der Waals surface area contributed by atoms with Gasteiger partial charge in [-0.2, -0.15) is 4.72 Å². The van der Waals surface area contributed by atoms with Gasteiger partial charge < -0.3 is 14.3 Å². The molecule has 1 aromatic rings. The number of rotatable bonds is 8. The minimum atomic E-state index is -4.16. The molecule has 0 saturated carbocycles. The zero-order chi connectivity index (χ0) is 16.0. The molecule has 2 N–H and O–H groups in total. The number of unbranched alkanes of at least 4 members (excludes halogenated alkanes) is 1. The monoisotopic (exact) mass is 319 g/mol. The first-order valence-electron chi connectivity index (χ1n) is 6.23. The van der Waals surface area contributed by atoms with Crippen molar-refractivity contribution in [2.24, 2.45) is 0 Å². The molecule has 0 aliphatic heterocycles. The third-order valence-corrected chi connectivity index (χ3v) is 4.04. The van der Waals surface area contributed by atoms with Gasteiger partial charge in [-0.1, -0.05) is 19.8 Å². The van der Waals surface area contributed by atoms with E-state index in [4.69, 9.17) is 9.52 Å². The largest absolute Gasteiger partial charge is 0.480 e.